The van der Waals surface area contributed by atoms with Gasteiger partial charge in [0.1, 0.15) is 11.6 Å². The maximum Gasteiger partial charge on any atom is 0.256 e. The number of anilines is 1. The summed E-state index contributed by atoms with van der Waals surface area (Å²) in [7, 11) is 0. The number of nitrogens with zero attached hydrogens (tertiary/aromatic N) is 2. The molecule has 4 aromatic rings. The third-order valence-corrected chi connectivity index (χ3v) is 7.30. The predicted octanol–water partition coefficient (Wildman–Crippen LogP) is 6.16. The van der Waals surface area contributed by atoms with Crippen molar-refractivity contribution in [3.63, 3.8) is 0 Å². The highest BCUT2D eigenvalue weighted by molar-refractivity contribution is 6.42. The maximum atomic E-state index is 14.0. The number of benzene rings is 3. The van der Waals surface area contributed by atoms with Crippen LogP contribution in [0.4, 0.5) is 10.2 Å². The Balaban J connectivity index is 1.43. The first-order valence-electron chi connectivity index (χ1n) is 12.2. The molecule has 1 aliphatic rings. The zero-order chi connectivity index (χ0) is 27.5. The normalized spacial score (nSPS) is 15.1. The van der Waals surface area contributed by atoms with Crippen LogP contribution in [0.3, 0.4) is 0 Å². The van der Waals surface area contributed by atoms with Crippen molar-refractivity contribution in [2.45, 2.75) is 25.4 Å². The van der Waals surface area contributed by atoms with Gasteiger partial charge in [-0.15, -0.1) is 0 Å². The Labute approximate surface area is 234 Å². The molecule has 0 unspecified atom stereocenters. The van der Waals surface area contributed by atoms with E-state index in [-0.39, 0.29) is 42.5 Å². The summed E-state index contributed by atoms with van der Waals surface area (Å²) in [6.45, 7) is 0.107. The van der Waals surface area contributed by atoms with Crippen LogP contribution in [0, 0.1) is 5.82 Å². The molecule has 2 amide bonds. The van der Waals surface area contributed by atoms with Gasteiger partial charge >= 0.3 is 0 Å². The molecule has 5 rings (SSSR count). The second kappa shape index (κ2) is 11.4. The van der Waals surface area contributed by atoms with Crippen molar-refractivity contribution < 1.29 is 18.8 Å². The number of rotatable bonds is 6. The number of Topliss-reactive ketones (excluding diaryl/α,β-unsaturated/α-hetero) is 1. The van der Waals surface area contributed by atoms with Crippen LogP contribution in [0.2, 0.25) is 10.0 Å². The van der Waals surface area contributed by atoms with Crippen molar-refractivity contribution in [1.82, 2.24) is 9.88 Å². The van der Waals surface area contributed by atoms with E-state index in [4.69, 9.17) is 23.2 Å². The minimum atomic E-state index is -0.822. The average Bonchev–Trinajstić information content (AvgIpc) is 3.01. The second-order valence-electron chi connectivity index (χ2n) is 9.21. The zero-order valence-electron chi connectivity index (χ0n) is 20.5. The number of carbonyl (C=O) groups excluding carboxylic acids is 3. The van der Waals surface area contributed by atoms with Crippen LogP contribution in [-0.2, 0) is 24.2 Å². The predicted molar refractivity (Wildman–Crippen MR) is 148 cm³/mol. The van der Waals surface area contributed by atoms with E-state index in [0.29, 0.717) is 27.0 Å². The summed E-state index contributed by atoms with van der Waals surface area (Å²) in [5, 5.41) is 3.46. The van der Waals surface area contributed by atoms with Crippen molar-refractivity contribution >= 4 is 46.6 Å². The first-order valence-corrected chi connectivity index (χ1v) is 12.9. The largest absolute Gasteiger partial charge is 0.324 e. The van der Waals surface area contributed by atoms with Crippen LogP contribution in [-0.4, -0.2) is 33.5 Å². The van der Waals surface area contributed by atoms with Gasteiger partial charge in [-0.3, -0.25) is 14.4 Å². The second-order valence-corrected chi connectivity index (χ2v) is 10.0. The Morgan fingerprint density at radius 1 is 0.949 bits per heavy atom. The van der Waals surface area contributed by atoms with Gasteiger partial charge in [-0.2, -0.15) is 0 Å². The molecule has 3 aromatic carbocycles. The fourth-order valence-corrected chi connectivity index (χ4v) is 4.89. The summed E-state index contributed by atoms with van der Waals surface area (Å²) >= 11 is 12.3. The Kier molecular flexibility index (Phi) is 7.72. The SMILES string of the molecule is O=C(Nc1ccccn1)c1ccc(CN2C(=O)c3ccc(F)cc3CC(=O)[C@H]2Cc2ccc(Cl)c(Cl)c2)cc1. The third kappa shape index (κ3) is 6.00. The topological polar surface area (TPSA) is 79.4 Å². The number of aromatic nitrogens is 1. The van der Waals surface area contributed by atoms with Crippen LogP contribution in [0.25, 0.3) is 0 Å². The molecule has 9 heteroatoms. The summed E-state index contributed by atoms with van der Waals surface area (Å²) < 4.78 is 14.0. The van der Waals surface area contributed by atoms with Gasteiger partial charge in [-0.25, -0.2) is 9.37 Å². The summed E-state index contributed by atoms with van der Waals surface area (Å²) in [6, 6.07) is 20.1. The van der Waals surface area contributed by atoms with E-state index in [2.05, 4.69) is 10.3 Å². The van der Waals surface area contributed by atoms with Crippen LogP contribution >= 0.6 is 23.2 Å². The van der Waals surface area contributed by atoms with E-state index in [1.54, 1.807) is 66.9 Å². The van der Waals surface area contributed by atoms with E-state index >= 15 is 0 Å². The van der Waals surface area contributed by atoms with Crippen molar-refractivity contribution in [2.75, 3.05) is 5.32 Å². The number of fused-ring (bicyclic) bond motifs is 1. The Bertz CT molecular complexity index is 1560. The quantitative estimate of drug-likeness (QED) is 0.306. The van der Waals surface area contributed by atoms with E-state index in [9.17, 15) is 18.8 Å². The van der Waals surface area contributed by atoms with E-state index in [1.165, 1.54) is 23.1 Å². The highest BCUT2D eigenvalue weighted by atomic mass is 35.5. The van der Waals surface area contributed by atoms with Gasteiger partial charge in [0.25, 0.3) is 11.8 Å². The lowest BCUT2D eigenvalue weighted by molar-refractivity contribution is -0.122. The molecule has 1 atom stereocenters. The number of carbonyl (C=O) groups is 3. The standard InChI is InChI=1S/C30H22Cl2FN3O3/c31-24-11-6-19(13-25(24)32)14-26-27(37)16-21-15-22(33)9-10-23(21)30(39)36(26)17-18-4-7-20(8-5-18)29(38)35-28-3-1-2-12-34-28/h1-13,15,26H,14,16-17H2,(H,34,35,38)/t26-/m1/s1. The number of nitrogens with one attached hydrogen (secondary N) is 1. The Morgan fingerprint density at radius 3 is 2.44 bits per heavy atom. The first kappa shape index (κ1) is 26.5. The maximum absolute atomic E-state index is 14.0. The van der Waals surface area contributed by atoms with Gasteiger partial charge < -0.3 is 10.2 Å². The van der Waals surface area contributed by atoms with Crippen molar-refractivity contribution in [3.05, 3.63) is 129 Å². The number of hydrogen-bond acceptors (Lipinski definition) is 4. The van der Waals surface area contributed by atoms with E-state index in [0.717, 1.165) is 11.1 Å². The summed E-state index contributed by atoms with van der Waals surface area (Å²) in [5.41, 5.74) is 2.51. The molecule has 0 saturated heterocycles. The lowest BCUT2D eigenvalue weighted by Crippen LogP contribution is -2.44. The lowest BCUT2D eigenvalue weighted by atomic mass is 9.97. The van der Waals surface area contributed by atoms with Crippen LogP contribution in [0.5, 0.6) is 0 Å². The molecule has 0 spiro atoms. The van der Waals surface area contributed by atoms with Gasteiger partial charge in [0.15, 0.2) is 5.78 Å². The molecule has 6 nitrogen and oxygen atoms in total. The summed E-state index contributed by atoms with van der Waals surface area (Å²) in [5.74, 6) is -0.998. The first-order chi connectivity index (χ1) is 18.8. The fourth-order valence-electron chi connectivity index (χ4n) is 4.57. The molecule has 1 aromatic heterocycles. The smallest absolute Gasteiger partial charge is 0.256 e. The van der Waals surface area contributed by atoms with Crippen molar-refractivity contribution in [3.8, 4) is 0 Å². The number of halogens is 3. The van der Waals surface area contributed by atoms with E-state index < -0.39 is 11.9 Å². The molecule has 0 fully saturated rings. The van der Waals surface area contributed by atoms with Crippen LogP contribution < -0.4 is 5.32 Å². The number of hydrogen-bond donors (Lipinski definition) is 1. The minimum Gasteiger partial charge on any atom is -0.324 e. The van der Waals surface area contributed by atoms with Gasteiger partial charge in [-0.1, -0.05) is 47.5 Å². The monoisotopic (exact) mass is 561 g/mol. The lowest BCUT2D eigenvalue weighted by Gasteiger charge is -2.30. The number of amides is 2. The molecule has 39 heavy (non-hydrogen) atoms. The molecule has 0 radical (unpaired) electrons. The molecule has 0 bridgehead atoms. The molecule has 0 saturated carbocycles. The molecule has 196 valence electrons. The van der Waals surface area contributed by atoms with Gasteiger partial charge in [-0.05, 0) is 71.3 Å². The fraction of sp³-hybridized carbons (Fsp3) is 0.133. The molecule has 0 aliphatic carbocycles. The van der Waals surface area contributed by atoms with Crippen LogP contribution in [0.15, 0.2) is 85.1 Å². The van der Waals surface area contributed by atoms with Crippen molar-refractivity contribution in [2.24, 2.45) is 0 Å². The molecule has 1 N–H and O–H groups in total. The minimum absolute atomic E-state index is 0.0754. The molecular formula is C30H22Cl2FN3O3. The Hall–Kier alpha value is -4.07. The molecular weight excluding hydrogens is 540 g/mol. The van der Waals surface area contributed by atoms with Crippen molar-refractivity contribution in [1.29, 1.82) is 0 Å². The van der Waals surface area contributed by atoms with E-state index in [1.807, 2.05) is 0 Å². The number of ketones is 1. The van der Waals surface area contributed by atoms with Gasteiger partial charge in [0.2, 0.25) is 0 Å². The zero-order valence-corrected chi connectivity index (χ0v) is 22.0. The summed E-state index contributed by atoms with van der Waals surface area (Å²) in [6.07, 6.45) is 1.72. The van der Waals surface area contributed by atoms with Gasteiger partial charge in [0, 0.05) is 36.7 Å². The average molecular weight is 562 g/mol. The number of pyridine rings is 1. The molecule has 2 heterocycles. The van der Waals surface area contributed by atoms with Gasteiger partial charge in [0.05, 0.1) is 16.1 Å². The highest BCUT2D eigenvalue weighted by Gasteiger charge is 2.35. The highest BCUT2D eigenvalue weighted by Crippen LogP contribution is 2.28. The third-order valence-electron chi connectivity index (χ3n) is 6.56. The molecule has 1 aliphatic heterocycles. The van der Waals surface area contributed by atoms with Crippen LogP contribution in [0.1, 0.15) is 37.4 Å². The Morgan fingerprint density at radius 2 is 1.72 bits per heavy atom. The summed E-state index contributed by atoms with van der Waals surface area (Å²) in [4.78, 5) is 45.4.